The molecule has 1 aliphatic heterocycles. The molecule has 4 heterocycles. The third-order valence-electron chi connectivity index (χ3n) is 5.59. The van der Waals surface area contributed by atoms with Crippen molar-refractivity contribution in [3.63, 3.8) is 0 Å². The number of hydrogen-bond donors (Lipinski definition) is 2. The van der Waals surface area contributed by atoms with Gasteiger partial charge in [0.25, 0.3) is 0 Å². The minimum atomic E-state index is -4.39. The molecule has 1 atom stereocenters. The molecule has 196 valence electrons. The summed E-state index contributed by atoms with van der Waals surface area (Å²) in [5, 5.41) is 11.3. The summed E-state index contributed by atoms with van der Waals surface area (Å²) in [6, 6.07) is 5.85. The summed E-state index contributed by atoms with van der Waals surface area (Å²) >= 11 is 0. The number of piperazine rings is 1. The molecule has 10 nitrogen and oxygen atoms in total. The van der Waals surface area contributed by atoms with Crippen molar-refractivity contribution in [1.29, 1.82) is 0 Å². The number of aryl methyl sites for hydroxylation is 1. The van der Waals surface area contributed by atoms with Gasteiger partial charge in [0.1, 0.15) is 29.2 Å². The Bertz CT molecular complexity index is 1170. The topological polar surface area (TPSA) is 102 Å². The van der Waals surface area contributed by atoms with Gasteiger partial charge in [-0.15, -0.1) is 0 Å². The third kappa shape index (κ3) is 6.59. The summed E-state index contributed by atoms with van der Waals surface area (Å²) < 4.78 is 49.7. The van der Waals surface area contributed by atoms with Crippen molar-refractivity contribution >= 4 is 28.6 Å². The van der Waals surface area contributed by atoms with Gasteiger partial charge in [0.15, 0.2) is 5.82 Å². The quantitative estimate of drug-likeness (QED) is 0.400. The van der Waals surface area contributed by atoms with Gasteiger partial charge in [0, 0.05) is 38.0 Å². The lowest BCUT2D eigenvalue weighted by molar-refractivity contribution is -0.174. The van der Waals surface area contributed by atoms with Gasteiger partial charge in [-0.1, -0.05) is 6.07 Å². The second-order valence-corrected chi connectivity index (χ2v) is 8.63. The molecular formula is C23H31F3N8O2. The molecule has 36 heavy (non-hydrogen) atoms. The van der Waals surface area contributed by atoms with E-state index in [0.717, 1.165) is 25.3 Å². The largest absolute Gasteiger partial charge is 0.411 e. The van der Waals surface area contributed by atoms with Crippen molar-refractivity contribution in [2.24, 2.45) is 0 Å². The fraction of sp³-hybridized carbons (Fsp3) is 0.565. The first-order chi connectivity index (χ1) is 17.2. The average Bonchev–Trinajstić information content (AvgIpc) is 3.17. The van der Waals surface area contributed by atoms with E-state index in [2.05, 4.69) is 32.5 Å². The molecule has 2 N–H and O–H groups in total. The molecule has 0 saturated carbocycles. The highest BCUT2D eigenvalue weighted by atomic mass is 19.4. The highest BCUT2D eigenvalue weighted by Gasteiger charge is 2.28. The lowest BCUT2D eigenvalue weighted by Crippen LogP contribution is -2.49. The highest BCUT2D eigenvalue weighted by molar-refractivity contribution is 5.90. The Balaban J connectivity index is 1.76. The fourth-order valence-electron chi connectivity index (χ4n) is 4.01. The molecule has 1 fully saturated rings. The number of anilines is 3. The van der Waals surface area contributed by atoms with Crippen LogP contribution in [0.1, 0.15) is 25.2 Å². The Hall–Kier alpha value is -3.03. The predicted octanol–water partition coefficient (Wildman–Crippen LogP) is 3.19. The summed E-state index contributed by atoms with van der Waals surface area (Å²) in [5.74, 6) is 1.59. The maximum absolute atomic E-state index is 12.6. The number of nitrogens with one attached hydrogen (secondary N) is 2. The second kappa shape index (κ2) is 11.4. The van der Waals surface area contributed by atoms with Crippen molar-refractivity contribution < 1.29 is 22.6 Å². The van der Waals surface area contributed by atoms with E-state index < -0.39 is 12.8 Å². The summed E-state index contributed by atoms with van der Waals surface area (Å²) in [7, 11) is 0. The molecule has 1 unspecified atom stereocenters. The first-order valence-electron chi connectivity index (χ1n) is 11.9. The molecule has 1 saturated heterocycles. The van der Waals surface area contributed by atoms with Gasteiger partial charge in [0.05, 0.1) is 19.8 Å². The van der Waals surface area contributed by atoms with E-state index in [1.54, 1.807) is 4.68 Å². The van der Waals surface area contributed by atoms with Crippen molar-refractivity contribution in [2.75, 3.05) is 49.7 Å². The molecule has 13 heteroatoms. The molecule has 4 rings (SSSR count). The van der Waals surface area contributed by atoms with E-state index in [9.17, 15) is 13.2 Å². The molecule has 0 aromatic carbocycles. The maximum atomic E-state index is 12.6. The Morgan fingerprint density at radius 2 is 2.03 bits per heavy atom. The number of rotatable bonds is 10. The van der Waals surface area contributed by atoms with Crippen LogP contribution in [0.2, 0.25) is 0 Å². The van der Waals surface area contributed by atoms with Gasteiger partial charge in [0.2, 0.25) is 5.95 Å². The average molecular weight is 509 g/mol. The van der Waals surface area contributed by atoms with Crippen molar-refractivity contribution in [3.05, 3.63) is 29.6 Å². The van der Waals surface area contributed by atoms with Gasteiger partial charge in [-0.3, -0.25) is 4.68 Å². The third-order valence-corrected chi connectivity index (χ3v) is 5.59. The Kier molecular flexibility index (Phi) is 8.21. The summed E-state index contributed by atoms with van der Waals surface area (Å²) in [4.78, 5) is 16.3. The van der Waals surface area contributed by atoms with Crippen LogP contribution in [-0.2, 0) is 22.6 Å². The zero-order valence-corrected chi connectivity index (χ0v) is 20.6. The lowest BCUT2D eigenvalue weighted by Gasteiger charge is -2.32. The van der Waals surface area contributed by atoms with Crippen LogP contribution in [0.25, 0.3) is 11.0 Å². The van der Waals surface area contributed by atoms with Crippen LogP contribution in [0.4, 0.5) is 30.8 Å². The van der Waals surface area contributed by atoms with E-state index >= 15 is 0 Å². The maximum Gasteiger partial charge on any atom is 0.411 e. The number of hydrogen-bond acceptors (Lipinski definition) is 9. The highest BCUT2D eigenvalue weighted by Crippen LogP contribution is 2.29. The van der Waals surface area contributed by atoms with Crippen LogP contribution in [0.3, 0.4) is 0 Å². The van der Waals surface area contributed by atoms with Crippen LogP contribution in [-0.4, -0.2) is 76.4 Å². The minimum Gasteiger partial charge on any atom is -0.375 e. The van der Waals surface area contributed by atoms with E-state index in [1.807, 2.05) is 32.0 Å². The molecule has 0 aliphatic carbocycles. The molecule has 0 bridgehead atoms. The number of nitrogens with zero attached hydrogens (tertiary/aromatic N) is 6. The van der Waals surface area contributed by atoms with Gasteiger partial charge >= 0.3 is 6.18 Å². The van der Waals surface area contributed by atoms with Crippen LogP contribution in [0.15, 0.2) is 18.2 Å². The first-order valence-corrected chi connectivity index (χ1v) is 11.9. The van der Waals surface area contributed by atoms with Gasteiger partial charge < -0.3 is 25.0 Å². The van der Waals surface area contributed by atoms with Gasteiger partial charge in [-0.05, 0) is 32.9 Å². The summed E-state index contributed by atoms with van der Waals surface area (Å²) in [6.07, 6.45) is -4.39. The van der Waals surface area contributed by atoms with Gasteiger partial charge in [-0.2, -0.15) is 23.3 Å². The van der Waals surface area contributed by atoms with Crippen molar-refractivity contribution in [3.8, 4) is 0 Å². The van der Waals surface area contributed by atoms with Crippen LogP contribution >= 0.6 is 0 Å². The summed E-state index contributed by atoms with van der Waals surface area (Å²) in [5.41, 5.74) is 2.53. The monoisotopic (exact) mass is 508 g/mol. The molecule has 0 amide bonds. The SMILES string of the molecule is CCOCc1nn(CCOCC(F)(F)F)c2c(Nc3cccc(C)n3)nc(N3CCNC(C)C3)nc12. The molecule has 0 radical (unpaired) electrons. The normalized spacial score (nSPS) is 16.6. The van der Waals surface area contributed by atoms with Gasteiger partial charge in [-0.25, -0.2) is 9.97 Å². The molecule has 3 aromatic heterocycles. The second-order valence-electron chi connectivity index (χ2n) is 8.63. The molecule has 3 aromatic rings. The Morgan fingerprint density at radius 3 is 2.75 bits per heavy atom. The number of halogens is 3. The smallest absolute Gasteiger partial charge is 0.375 e. The number of fused-ring (bicyclic) bond motifs is 1. The fourth-order valence-corrected chi connectivity index (χ4v) is 4.01. The van der Waals surface area contributed by atoms with Crippen LogP contribution in [0.5, 0.6) is 0 Å². The van der Waals surface area contributed by atoms with E-state index in [-0.39, 0.29) is 25.8 Å². The molecular weight excluding hydrogens is 477 g/mol. The van der Waals surface area contributed by atoms with E-state index in [4.69, 9.17) is 19.4 Å². The zero-order valence-electron chi connectivity index (χ0n) is 20.6. The number of aromatic nitrogens is 5. The van der Waals surface area contributed by atoms with E-state index in [1.165, 1.54) is 0 Å². The zero-order chi connectivity index (χ0) is 25.7. The number of alkyl halides is 3. The van der Waals surface area contributed by atoms with Crippen molar-refractivity contribution in [1.82, 2.24) is 30.0 Å². The van der Waals surface area contributed by atoms with Crippen molar-refractivity contribution in [2.45, 2.75) is 46.1 Å². The summed E-state index contributed by atoms with van der Waals surface area (Å²) in [6.45, 7) is 7.40. The predicted molar refractivity (Wildman–Crippen MR) is 129 cm³/mol. The molecule has 1 aliphatic rings. The Morgan fingerprint density at radius 1 is 1.19 bits per heavy atom. The molecule has 0 spiro atoms. The first kappa shape index (κ1) is 26.0. The van der Waals surface area contributed by atoms with E-state index in [0.29, 0.717) is 40.9 Å². The Labute approximate surface area is 207 Å². The lowest BCUT2D eigenvalue weighted by atomic mass is 10.2. The minimum absolute atomic E-state index is 0.0853. The standard InChI is InChI=1S/C23H31F3N8O2/c1-4-35-13-17-19-20(34(32-17)10-11-36-14-23(24,25)26)21(29-18-7-5-6-15(2)28-18)31-22(30-19)33-9-8-27-16(3)12-33/h5-7,16,27H,4,8-14H2,1-3H3,(H,28,29,30,31). The van der Waals surface area contributed by atoms with Crippen LogP contribution in [0, 0.1) is 6.92 Å². The van der Waals surface area contributed by atoms with Crippen LogP contribution < -0.4 is 15.5 Å². The number of pyridine rings is 1. The number of ether oxygens (including phenoxy) is 2.